The Morgan fingerprint density at radius 1 is 1.12 bits per heavy atom. The minimum Gasteiger partial charge on any atom is -0.314 e. The summed E-state index contributed by atoms with van der Waals surface area (Å²) < 4.78 is 54.8. The first-order chi connectivity index (χ1) is 11.8. The van der Waals surface area contributed by atoms with Crippen molar-refractivity contribution in [1.29, 1.82) is 0 Å². The van der Waals surface area contributed by atoms with Gasteiger partial charge in [-0.05, 0) is 57.4 Å². The van der Waals surface area contributed by atoms with E-state index >= 15 is 0 Å². The second kappa shape index (κ2) is 7.32. The molecule has 0 spiro atoms. The summed E-state index contributed by atoms with van der Waals surface area (Å²) in [6.07, 6.45) is 3.11. The summed E-state index contributed by atoms with van der Waals surface area (Å²) in [5, 5.41) is 3.28. The van der Waals surface area contributed by atoms with Crippen molar-refractivity contribution in [3.05, 3.63) is 24.3 Å². The van der Waals surface area contributed by atoms with E-state index < -0.39 is 20.0 Å². The smallest absolute Gasteiger partial charge is 0.243 e. The first-order valence-electron chi connectivity index (χ1n) is 8.65. The molecule has 25 heavy (non-hydrogen) atoms. The third-order valence-corrected chi connectivity index (χ3v) is 8.18. The lowest BCUT2D eigenvalue weighted by Gasteiger charge is -2.28. The van der Waals surface area contributed by atoms with E-state index in [9.17, 15) is 16.8 Å². The molecule has 2 fully saturated rings. The minimum absolute atomic E-state index is 0.000965. The number of nitrogens with one attached hydrogen (secondary N) is 2. The van der Waals surface area contributed by atoms with E-state index in [4.69, 9.17) is 0 Å². The van der Waals surface area contributed by atoms with Crippen molar-refractivity contribution in [1.82, 2.24) is 14.3 Å². The van der Waals surface area contributed by atoms with Gasteiger partial charge in [-0.3, -0.25) is 0 Å². The van der Waals surface area contributed by atoms with Gasteiger partial charge >= 0.3 is 0 Å². The Kier molecular flexibility index (Phi) is 5.50. The summed E-state index contributed by atoms with van der Waals surface area (Å²) in [6, 6.07) is 5.77. The van der Waals surface area contributed by atoms with E-state index in [2.05, 4.69) is 10.0 Å². The lowest BCUT2D eigenvalue weighted by atomic mass is 10.0. The van der Waals surface area contributed by atoms with Crippen molar-refractivity contribution < 1.29 is 16.8 Å². The predicted molar refractivity (Wildman–Crippen MR) is 95.2 cm³/mol. The van der Waals surface area contributed by atoms with Crippen LogP contribution in [0, 0.1) is 0 Å². The van der Waals surface area contributed by atoms with E-state index in [-0.39, 0.29) is 21.9 Å². The number of nitrogens with zero attached hydrogens (tertiary/aromatic N) is 1. The molecule has 2 atom stereocenters. The molecule has 2 aliphatic rings. The van der Waals surface area contributed by atoms with E-state index in [1.165, 1.54) is 28.6 Å². The Morgan fingerprint density at radius 2 is 1.80 bits per heavy atom. The average molecular weight is 388 g/mol. The lowest BCUT2D eigenvalue weighted by Crippen LogP contribution is -2.46. The van der Waals surface area contributed by atoms with Gasteiger partial charge in [-0.1, -0.05) is 6.07 Å². The van der Waals surface area contributed by atoms with Gasteiger partial charge in [0.1, 0.15) is 0 Å². The van der Waals surface area contributed by atoms with Gasteiger partial charge in [-0.2, -0.15) is 4.31 Å². The molecule has 0 aliphatic carbocycles. The molecule has 1 aromatic rings. The summed E-state index contributed by atoms with van der Waals surface area (Å²) in [5.74, 6) is 0. The van der Waals surface area contributed by atoms with Crippen LogP contribution in [0.5, 0.6) is 0 Å². The van der Waals surface area contributed by atoms with Gasteiger partial charge in [-0.25, -0.2) is 21.6 Å². The SMILES string of the molecule is CC1CC(NS(=O)(=O)c2cccc(S(=O)(=O)N3CCCC3)c2)CCN1. The lowest BCUT2D eigenvalue weighted by molar-refractivity contribution is 0.361. The van der Waals surface area contributed by atoms with Crippen molar-refractivity contribution in [2.75, 3.05) is 19.6 Å². The van der Waals surface area contributed by atoms with Gasteiger partial charge in [0.2, 0.25) is 20.0 Å². The van der Waals surface area contributed by atoms with Crippen LogP contribution in [-0.2, 0) is 20.0 Å². The second-order valence-electron chi connectivity index (χ2n) is 6.78. The number of piperidine rings is 1. The van der Waals surface area contributed by atoms with Gasteiger partial charge < -0.3 is 5.32 Å². The Balaban J connectivity index is 1.82. The summed E-state index contributed by atoms with van der Waals surface area (Å²) in [6.45, 7) is 3.76. The quantitative estimate of drug-likeness (QED) is 0.782. The normalized spacial score (nSPS) is 26.0. The van der Waals surface area contributed by atoms with Crippen molar-refractivity contribution in [3.63, 3.8) is 0 Å². The van der Waals surface area contributed by atoms with Crippen LogP contribution >= 0.6 is 0 Å². The Labute approximate surface area is 149 Å². The molecule has 140 valence electrons. The number of rotatable bonds is 5. The Hall–Kier alpha value is -1.00. The highest BCUT2D eigenvalue weighted by Gasteiger charge is 2.29. The maximum absolute atomic E-state index is 12.7. The largest absolute Gasteiger partial charge is 0.314 e. The van der Waals surface area contributed by atoms with Crippen LogP contribution in [0.3, 0.4) is 0 Å². The second-order valence-corrected chi connectivity index (χ2v) is 10.4. The molecule has 7 nitrogen and oxygen atoms in total. The van der Waals surface area contributed by atoms with Gasteiger partial charge in [0, 0.05) is 25.2 Å². The third kappa shape index (κ3) is 4.22. The van der Waals surface area contributed by atoms with Gasteiger partial charge in [0.15, 0.2) is 0 Å². The van der Waals surface area contributed by atoms with Crippen LogP contribution < -0.4 is 10.0 Å². The number of sulfonamides is 2. The summed E-state index contributed by atoms with van der Waals surface area (Å²) in [5.41, 5.74) is 0. The molecule has 3 rings (SSSR count). The van der Waals surface area contributed by atoms with Crippen LogP contribution in [-0.4, -0.2) is 52.9 Å². The molecule has 9 heteroatoms. The van der Waals surface area contributed by atoms with Crippen LogP contribution in [0.4, 0.5) is 0 Å². The average Bonchev–Trinajstić information content (AvgIpc) is 3.10. The number of hydrogen-bond donors (Lipinski definition) is 2. The van der Waals surface area contributed by atoms with Crippen molar-refractivity contribution in [3.8, 4) is 0 Å². The summed E-state index contributed by atoms with van der Waals surface area (Å²) >= 11 is 0. The number of hydrogen-bond acceptors (Lipinski definition) is 5. The van der Waals surface area contributed by atoms with Crippen LogP contribution in [0.15, 0.2) is 34.1 Å². The van der Waals surface area contributed by atoms with Crippen LogP contribution in [0.1, 0.15) is 32.6 Å². The van der Waals surface area contributed by atoms with E-state index in [1.807, 2.05) is 6.92 Å². The maximum atomic E-state index is 12.7. The van der Waals surface area contributed by atoms with E-state index in [0.717, 1.165) is 25.8 Å². The van der Waals surface area contributed by atoms with Crippen LogP contribution in [0.2, 0.25) is 0 Å². The molecule has 0 saturated carbocycles. The van der Waals surface area contributed by atoms with E-state index in [0.29, 0.717) is 19.5 Å². The highest BCUT2D eigenvalue weighted by molar-refractivity contribution is 7.90. The molecule has 0 amide bonds. The fraction of sp³-hybridized carbons (Fsp3) is 0.625. The topological polar surface area (TPSA) is 95.6 Å². The standard InChI is InChI=1S/C16H25N3O4S2/c1-13-11-14(7-8-17-13)18-24(20,21)15-5-4-6-16(12-15)25(22,23)19-9-2-3-10-19/h4-6,12-14,17-18H,2-3,7-11H2,1H3. The fourth-order valence-electron chi connectivity index (χ4n) is 3.41. The van der Waals surface area contributed by atoms with Gasteiger partial charge in [-0.15, -0.1) is 0 Å². The zero-order valence-corrected chi connectivity index (χ0v) is 15.9. The molecular formula is C16H25N3O4S2. The molecule has 2 aliphatic heterocycles. The predicted octanol–water partition coefficient (Wildman–Crippen LogP) is 0.890. The fourth-order valence-corrected chi connectivity index (χ4v) is 6.37. The zero-order valence-electron chi connectivity index (χ0n) is 14.3. The first kappa shape index (κ1) is 18.8. The molecule has 1 aromatic carbocycles. The Bertz CT molecular complexity index is 818. The highest BCUT2D eigenvalue weighted by atomic mass is 32.2. The molecule has 2 heterocycles. The van der Waals surface area contributed by atoms with Crippen molar-refractivity contribution in [2.45, 2.75) is 54.5 Å². The molecule has 0 aromatic heterocycles. The van der Waals surface area contributed by atoms with Crippen molar-refractivity contribution in [2.24, 2.45) is 0 Å². The minimum atomic E-state index is -3.75. The van der Waals surface area contributed by atoms with E-state index in [1.54, 1.807) is 0 Å². The Morgan fingerprint density at radius 3 is 2.48 bits per heavy atom. The molecule has 0 radical (unpaired) electrons. The van der Waals surface area contributed by atoms with Crippen LogP contribution in [0.25, 0.3) is 0 Å². The van der Waals surface area contributed by atoms with Gasteiger partial charge in [0.25, 0.3) is 0 Å². The molecular weight excluding hydrogens is 362 g/mol. The molecule has 2 saturated heterocycles. The van der Waals surface area contributed by atoms with Gasteiger partial charge in [0.05, 0.1) is 9.79 Å². The third-order valence-electron chi connectivity index (χ3n) is 4.76. The van der Waals surface area contributed by atoms with Crippen molar-refractivity contribution >= 4 is 20.0 Å². The maximum Gasteiger partial charge on any atom is 0.243 e. The zero-order chi connectivity index (χ0) is 18.1. The highest BCUT2D eigenvalue weighted by Crippen LogP contribution is 2.23. The molecule has 0 bridgehead atoms. The first-order valence-corrected chi connectivity index (χ1v) is 11.6. The summed E-state index contributed by atoms with van der Waals surface area (Å²) in [4.78, 5) is 0.0370. The molecule has 2 N–H and O–H groups in total. The summed E-state index contributed by atoms with van der Waals surface area (Å²) in [7, 11) is -7.38. The monoisotopic (exact) mass is 387 g/mol. The molecule has 2 unspecified atom stereocenters. The number of benzene rings is 1.